The average molecular weight is 421 g/mol. The number of aromatic nitrogens is 4. The molecular weight excluding hydrogens is 402 g/mol. The summed E-state index contributed by atoms with van der Waals surface area (Å²) in [6.45, 7) is 5.37. The molecule has 0 aliphatic heterocycles. The lowest BCUT2D eigenvalue weighted by atomic mass is 10.0. The Morgan fingerprint density at radius 2 is 1.80 bits per heavy atom. The van der Waals surface area contributed by atoms with Crippen LogP contribution >= 0.6 is 0 Å². The van der Waals surface area contributed by atoms with Crippen molar-refractivity contribution in [2.75, 3.05) is 0 Å². The first kappa shape index (κ1) is 21.4. The predicted molar refractivity (Wildman–Crippen MR) is 101 cm³/mol. The molecule has 1 amide bonds. The van der Waals surface area contributed by atoms with E-state index in [9.17, 15) is 22.4 Å². The zero-order valence-corrected chi connectivity index (χ0v) is 16.4. The molecule has 0 aliphatic rings. The molecular formula is C20H19F4N5O. The van der Waals surface area contributed by atoms with E-state index >= 15 is 0 Å². The third kappa shape index (κ3) is 4.64. The summed E-state index contributed by atoms with van der Waals surface area (Å²) in [5.41, 5.74) is 0.231. The first-order valence-electron chi connectivity index (χ1n) is 9.11. The summed E-state index contributed by atoms with van der Waals surface area (Å²) in [7, 11) is 0. The van der Waals surface area contributed by atoms with Gasteiger partial charge in [-0.25, -0.2) is 14.1 Å². The van der Waals surface area contributed by atoms with Gasteiger partial charge in [0, 0.05) is 12.4 Å². The number of hydrogen-bond donors (Lipinski definition) is 1. The maximum atomic E-state index is 13.1. The largest absolute Gasteiger partial charge is 0.433 e. The molecule has 0 saturated carbocycles. The molecule has 0 unspecified atom stereocenters. The first-order valence-corrected chi connectivity index (χ1v) is 9.11. The third-order valence-corrected chi connectivity index (χ3v) is 4.41. The van der Waals surface area contributed by atoms with Gasteiger partial charge in [0.2, 0.25) is 0 Å². The minimum Gasteiger partial charge on any atom is -0.345 e. The monoisotopic (exact) mass is 421 g/mol. The second kappa shape index (κ2) is 8.21. The van der Waals surface area contributed by atoms with Gasteiger partial charge >= 0.3 is 6.18 Å². The van der Waals surface area contributed by atoms with Gasteiger partial charge in [0.15, 0.2) is 5.82 Å². The molecule has 10 heteroatoms. The van der Waals surface area contributed by atoms with Crippen LogP contribution in [0.2, 0.25) is 0 Å². The zero-order valence-electron chi connectivity index (χ0n) is 16.4. The van der Waals surface area contributed by atoms with Crippen LogP contribution in [-0.2, 0) is 6.18 Å². The molecule has 3 aromatic heterocycles. The SMILES string of the molecule is CC(C)c1nn(-c2ccc(F)cn2)cc1C(=O)N[C@H](C)c1ccc(C(F)(F)F)nc1. The highest BCUT2D eigenvalue weighted by Gasteiger charge is 2.32. The van der Waals surface area contributed by atoms with Crippen molar-refractivity contribution >= 4 is 5.91 Å². The Morgan fingerprint density at radius 3 is 2.33 bits per heavy atom. The molecule has 0 bridgehead atoms. The molecule has 0 saturated heterocycles. The van der Waals surface area contributed by atoms with E-state index in [1.807, 2.05) is 13.8 Å². The van der Waals surface area contributed by atoms with Gasteiger partial charge in [-0.2, -0.15) is 18.3 Å². The van der Waals surface area contributed by atoms with Crippen LogP contribution in [0.25, 0.3) is 5.82 Å². The van der Waals surface area contributed by atoms with Crippen LogP contribution in [0.1, 0.15) is 60.0 Å². The molecule has 1 N–H and O–H groups in total. The summed E-state index contributed by atoms with van der Waals surface area (Å²) >= 11 is 0. The first-order chi connectivity index (χ1) is 14.1. The minimum absolute atomic E-state index is 0.0875. The Hall–Kier alpha value is -3.30. The summed E-state index contributed by atoms with van der Waals surface area (Å²) in [5, 5.41) is 7.13. The van der Waals surface area contributed by atoms with Crippen LogP contribution in [0.3, 0.4) is 0 Å². The number of nitrogens with zero attached hydrogens (tertiary/aromatic N) is 4. The summed E-state index contributed by atoms with van der Waals surface area (Å²) in [6, 6.07) is 4.23. The Bertz CT molecular complexity index is 1030. The summed E-state index contributed by atoms with van der Waals surface area (Å²) in [6.07, 6.45) is -0.906. The van der Waals surface area contributed by atoms with E-state index in [2.05, 4.69) is 20.4 Å². The van der Waals surface area contributed by atoms with Gasteiger partial charge < -0.3 is 5.32 Å². The van der Waals surface area contributed by atoms with Gasteiger partial charge in [-0.1, -0.05) is 19.9 Å². The normalized spacial score (nSPS) is 12.8. The zero-order chi connectivity index (χ0) is 22.1. The van der Waals surface area contributed by atoms with E-state index in [4.69, 9.17) is 0 Å². The van der Waals surface area contributed by atoms with Crippen LogP contribution < -0.4 is 5.32 Å². The maximum Gasteiger partial charge on any atom is 0.433 e. The van der Waals surface area contributed by atoms with Gasteiger partial charge in [0.25, 0.3) is 5.91 Å². The highest BCUT2D eigenvalue weighted by Crippen LogP contribution is 2.28. The Balaban J connectivity index is 1.82. The molecule has 3 aromatic rings. The number of carbonyl (C=O) groups excluding carboxylic acids is 1. The lowest BCUT2D eigenvalue weighted by Gasteiger charge is -2.15. The molecule has 30 heavy (non-hydrogen) atoms. The van der Waals surface area contributed by atoms with Gasteiger partial charge in [0.05, 0.1) is 23.5 Å². The number of rotatable bonds is 5. The molecule has 1 atom stereocenters. The van der Waals surface area contributed by atoms with Gasteiger partial charge in [0.1, 0.15) is 11.5 Å². The molecule has 0 fully saturated rings. The van der Waals surface area contributed by atoms with E-state index < -0.39 is 29.6 Å². The van der Waals surface area contributed by atoms with Gasteiger partial charge in [-0.15, -0.1) is 0 Å². The Labute approximate surface area is 170 Å². The summed E-state index contributed by atoms with van der Waals surface area (Å²) < 4.78 is 52.5. The summed E-state index contributed by atoms with van der Waals surface area (Å²) in [5.74, 6) is -0.681. The number of amides is 1. The van der Waals surface area contributed by atoms with Crippen LogP contribution in [-0.4, -0.2) is 25.7 Å². The minimum atomic E-state index is -4.53. The van der Waals surface area contributed by atoms with E-state index in [-0.39, 0.29) is 5.92 Å². The molecule has 6 nitrogen and oxygen atoms in total. The number of halogens is 4. The predicted octanol–water partition coefficient (Wildman–Crippen LogP) is 4.43. The molecule has 0 spiro atoms. The van der Waals surface area contributed by atoms with Crippen molar-refractivity contribution in [3.8, 4) is 5.82 Å². The van der Waals surface area contributed by atoms with Crippen molar-refractivity contribution in [2.45, 2.75) is 38.9 Å². The average Bonchev–Trinajstić information content (AvgIpc) is 3.14. The van der Waals surface area contributed by atoms with Crippen molar-refractivity contribution in [1.82, 2.24) is 25.1 Å². The van der Waals surface area contributed by atoms with E-state index in [0.717, 1.165) is 18.5 Å². The highest BCUT2D eigenvalue weighted by molar-refractivity contribution is 5.95. The van der Waals surface area contributed by atoms with Crippen molar-refractivity contribution in [3.05, 3.63) is 71.2 Å². The number of nitrogens with one attached hydrogen (secondary N) is 1. The fraction of sp³-hybridized carbons (Fsp3) is 0.300. The fourth-order valence-electron chi connectivity index (χ4n) is 2.80. The standard InChI is InChI=1S/C20H19F4N5O/c1-11(2)18-15(10-29(28-18)17-7-5-14(21)9-26-17)19(30)27-12(3)13-4-6-16(25-8-13)20(22,23)24/h4-12H,1-3H3,(H,27,30)/t12-/m1/s1. The third-order valence-electron chi connectivity index (χ3n) is 4.41. The topological polar surface area (TPSA) is 72.7 Å². The maximum absolute atomic E-state index is 13.1. The van der Waals surface area contributed by atoms with Crippen molar-refractivity contribution in [3.63, 3.8) is 0 Å². The lowest BCUT2D eigenvalue weighted by molar-refractivity contribution is -0.141. The lowest BCUT2D eigenvalue weighted by Crippen LogP contribution is -2.27. The second-order valence-electron chi connectivity index (χ2n) is 7.03. The Morgan fingerprint density at radius 1 is 1.07 bits per heavy atom. The van der Waals surface area contributed by atoms with E-state index in [1.165, 1.54) is 29.1 Å². The van der Waals surface area contributed by atoms with Gasteiger partial charge in [-0.3, -0.25) is 9.78 Å². The molecule has 0 aliphatic carbocycles. The number of carbonyl (C=O) groups is 1. The van der Waals surface area contributed by atoms with Crippen molar-refractivity contribution < 1.29 is 22.4 Å². The van der Waals surface area contributed by atoms with Crippen molar-refractivity contribution in [1.29, 1.82) is 0 Å². The Kier molecular flexibility index (Phi) is 5.86. The van der Waals surface area contributed by atoms with Crippen LogP contribution in [0.5, 0.6) is 0 Å². The van der Waals surface area contributed by atoms with Crippen LogP contribution in [0.4, 0.5) is 17.6 Å². The molecule has 3 rings (SSSR count). The fourth-order valence-corrected chi connectivity index (χ4v) is 2.80. The smallest absolute Gasteiger partial charge is 0.345 e. The highest BCUT2D eigenvalue weighted by atomic mass is 19.4. The van der Waals surface area contributed by atoms with Crippen LogP contribution in [0.15, 0.2) is 42.9 Å². The van der Waals surface area contributed by atoms with E-state index in [1.54, 1.807) is 6.92 Å². The van der Waals surface area contributed by atoms with Gasteiger partial charge in [-0.05, 0) is 36.6 Å². The number of hydrogen-bond acceptors (Lipinski definition) is 4. The second-order valence-corrected chi connectivity index (χ2v) is 7.03. The van der Waals surface area contributed by atoms with E-state index in [0.29, 0.717) is 22.6 Å². The molecule has 158 valence electrons. The molecule has 3 heterocycles. The summed E-state index contributed by atoms with van der Waals surface area (Å²) in [4.78, 5) is 20.2. The quantitative estimate of drug-likeness (QED) is 0.619. The molecule has 0 radical (unpaired) electrons. The number of pyridine rings is 2. The van der Waals surface area contributed by atoms with Crippen molar-refractivity contribution in [2.24, 2.45) is 0 Å². The molecule has 0 aromatic carbocycles. The number of alkyl halides is 3. The van der Waals surface area contributed by atoms with Crippen LogP contribution in [0, 0.1) is 5.82 Å².